The summed E-state index contributed by atoms with van der Waals surface area (Å²) in [6.45, 7) is 0.807. The topological polar surface area (TPSA) is 130 Å². The molecule has 0 aromatic heterocycles. The fourth-order valence-electron chi connectivity index (χ4n) is 3.09. The molecule has 0 fully saturated rings. The van der Waals surface area contributed by atoms with Gasteiger partial charge in [-0.15, -0.1) is 0 Å². The van der Waals surface area contributed by atoms with Crippen LogP contribution in [0, 0.1) is 0 Å². The fraction of sp³-hybridized carbons (Fsp3) is 0.130. The Bertz CT molecular complexity index is 1470. The van der Waals surface area contributed by atoms with Gasteiger partial charge < -0.3 is 5.32 Å². The zero-order valence-corrected chi connectivity index (χ0v) is 21.1. The van der Waals surface area contributed by atoms with E-state index in [9.17, 15) is 26.4 Å². The van der Waals surface area contributed by atoms with Crippen molar-refractivity contribution in [2.24, 2.45) is 0 Å². The third-order valence-corrected chi connectivity index (χ3v) is 7.53. The summed E-state index contributed by atoms with van der Waals surface area (Å²) in [4.78, 5) is 24.2. The van der Waals surface area contributed by atoms with Gasteiger partial charge in [0.15, 0.2) is 5.78 Å². The first-order valence-electron chi connectivity index (χ1n) is 10.1. The number of carbonyl (C=O) groups is 2. The maximum absolute atomic E-state index is 12.6. The summed E-state index contributed by atoms with van der Waals surface area (Å²) in [5.41, 5.74) is 1.04. The third-order valence-electron chi connectivity index (χ3n) is 4.75. The molecule has 35 heavy (non-hydrogen) atoms. The Morgan fingerprint density at radius 1 is 0.886 bits per heavy atom. The Hall–Kier alpha value is -3.41. The Kier molecular flexibility index (Phi) is 7.83. The van der Waals surface area contributed by atoms with E-state index in [1.807, 2.05) is 0 Å². The number of benzene rings is 3. The van der Waals surface area contributed by atoms with Crippen molar-refractivity contribution in [3.63, 3.8) is 0 Å². The highest BCUT2D eigenvalue weighted by Crippen LogP contribution is 2.22. The molecule has 3 rings (SSSR count). The number of carbonyl (C=O) groups excluding carboxylic acids is 2. The molecular weight excluding hydrogens is 514 g/mol. The number of Topliss-reactive ketones (excluding diaryl/α,β-unsaturated/α-hetero) is 1. The van der Waals surface area contributed by atoms with E-state index in [2.05, 4.69) is 10.0 Å². The lowest BCUT2D eigenvalue weighted by molar-refractivity contribution is -0.114. The first-order valence-corrected chi connectivity index (χ1v) is 13.8. The summed E-state index contributed by atoms with van der Waals surface area (Å²) >= 11 is 5.88. The van der Waals surface area contributed by atoms with E-state index in [-0.39, 0.29) is 22.1 Å². The van der Waals surface area contributed by atoms with Crippen molar-refractivity contribution in [2.45, 2.75) is 11.8 Å². The molecule has 184 valence electrons. The van der Waals surface area contributed by atoms with Crippen LogP contribution < -0.4 is 14.3 Å². The second-order valence-corrected chi connectivity index (χ2v) is 11.6. The van der Waals surface area contributed by atoms with E-state index < -0.39 is 32.5 Å². The monoisotopic (exact) mass is 535 g/mol. The SMILES string of the molecule is CC(=O)c1cccc(N(CC(=O)Nc2ccc(S(=O)(=O)Nc3cccc(Cl)c3)cc2)S(C)(=O)=O)c1. The highest BCUT2D eigenvalue weighted by atomic mass is 35.5. The van der Waals surface area contributed by atoms with Crippen molar-refractivity contribution in [3.8, 4) is 0 Å². The zero-order valence-electron chi connectivity index (χ0n) is 18.7. The summed E-state index contributed by atoms with van der Waals surface area (Å²) in [5.74, 6) is -0.902. The van der Waals surface area contributed by atoms with Gasteiger partial charge in [-0.05, 0) is 61.5 Å². The molecule has 3 aromatic rings. The Morgan fingerprint density at radius 3 is 2.14 bits per heavy atom. The van der Waals surface area contributed by atoms with Crippen LogP contribution in [-0.2, 0) is 24.8 Å². The molecule has 0 aliphatic carbocycles. The van der Waals surface area contributed by atoms with Crippen LogP contribution >= 0.6 is 11.6 Å². The lowest BCUT2D eigenvalue weighted by atomic mass is 10.1. The number of ketones is 1. The van der Waals surface area contributed by atoms with Crippen molar-refractivity contribution in [1.82, 2.24) is 0 Å². The number of amides is 1. The summed E-state index contributed by atoms with van der Waals surface area (Å²) < 4.78 is 53.1. The maximum atomic E-state index is 12.6. The van der Waals surface area contributed by atoms with Crippen LogP contribution in [0.3, 0.4) is 0 Å². The van der Waals surface area contributed by atoms with E-state index in [1.165, 1.54) is 55.5 Å². The van der Waals surface area contributed by atoms with E-state index in [0.29, 0.717) is 16.3 Å². The van der Waals surface area contributed by atoms with E-state index in [1.54, 1.807) is 24.3 Å². The summed E-state index contributed by atoms with van der Waals surface area (Å²) in [6, 6.07) is 17.5. The fourth-order valence-corrected chi connectivity index (χ4v) is 5.18. The molecule has 0 radical (unpaired) electrons. The molecule has 3 aromatic carbocycles. The van der Waals surface area contributed by atoms with Gasteiger partial charge in [-0.3, -0.25) is 18.6 Å². The van der Waals surface area contributed by atoms with Gasteiger partial charge in [-0.2, -0.15) is 0 Å². The van der Waals surface area contributed by atoms with Gasteiger partial charge in [-0.25, -0.2) is 16.8 Å². The minimum absolute atomic E-state index is 0.0470. The summed E-state index contributed by atoms with van der Waals surface area (Å²) in [6.07, 6.45) is 0.952. The molecule has 9 nitrogen and oxygen atoms in total. The average Bonchev–Trinajstić information content (AvgIpc) is 2.77. The largest absolute Gasteiger partial charge is 0.325 e. The minimum Gasteiger partial charge on any atom is -0.325 e. The molecule has 0 aliphatic heterocycles. The van der Waals surface area contributed by atoms with Crippen LogP contribution in [0.25, 0.3) is 0 Å². The lowest BCUT2D eigenvalue weighted by Crippen LogP contribution is -2.37. The van der Waals surface area contributed by atoms with Crippen LogP contribution in [-0.4, -0.2) is 41.3 Å². The molecule has 12 heteroatoms. The van der Waals surface area contributed by atoms with Crippen molar-refractivity contribution in [1.29, 1.82) is 0 Å². The predicted molar refractivity (Wildman–Crippen MR) is 136 cm³/mol. The summed E-state index contributed by atoms with van der Waals surface area (Å²) in [7, 11) is -7.74. The standard InChI is InChI=1S/C23H22ClN3O6S2/c1-16(28)17-5-3-8-21(13-17)27(34(2,30)31)15-23(29)25-19-9-11-22(12-10-19)35(32,33)26-20-7-4-6-18(24)14-20/h3-14,26H,15H2,1-2H3,(H,25,29). The van der Waals surface area contributed by atoms with Crippen molar-refractivity contribution < 1.29 is 26.4 Å². The van der Waals surface area contributed by atoms with E-state index in [0.717, 1.165) is 10.6 Å². The number of halogens is 1. The van der Waals surface area contributed by atoms with Crippen LogP contribution in [0.2, 0.25) is 5.02 Å². The molecule has 0 aliphatic rings. The Morgan fingerprint density at radius 2 is 1.54 bits per heavy atom. The molecule has 0 heterocycles. The first-order chi connectivity index (χ1) is 16.3. The maximum Gasteiger partial charge on any atom is 0.261 e. The number of hydrogen-bond acceptors (Lipinski definition) is 6. The average molecular weight is 536 g/mol. The lowest BCUT2D eigenvalue weighted by Gasteiger charge is -2.22. The van der Waals surface area contributed by atoms with Gasteiger partial charge in [0.2, 0.25) is 15.9 Å². The number of sulfonamides is 2. The van der Waals surface area contributed by atoms with Gasteiger partial charge in [0.05, 0.1) is 22.5 Å². The number of anilines is 3. The molecule has 0 atom stereocenters. The van der Waals surface area contributed by atoms with E-state index in [4.69, 9.17) is 11.6 Å². The van der Waals surface area contributed by atoms with Crippen molar-refractivity contribution in [2.75, 3.05) is 27.1 Å². The van der Waals surface area contributed by atoms with Crippen molar-refractivity contribution in [3.05, 3.63) is 83.4 Å². The minimum atomic E-state index is -3.90. The van der Waals surface area contributed by atoms with Crippen LogP contribution in [0.4, 0.5) is 17.1 Å². The number of nitrogens with zero attached hydrogens (tertiary/aromatic N) is 1. The summed E-state index contributed by atoms with van der Waals surface area (Å²) in [5, 5.41) is 2.92. The number of hydrogen-bond donors (Lipinski definition) is 2. The predicted octanol–water partition coefficient (Wildman–Crippen LogP) is 3.75. The first kappa shape index (κ1) is 26.2. The third kappa shape index (κ3) is 7.04. The quantitative estimate of drug-likeness (QED) is 0.401. The Labute approximate surface area is 208 Å². The Balaban J connectivity index is 1.73. The highest BCUT2D eigenvalue weighted by Gasteiger charge is 2.22. The van der Waals surface area contributed by atoms with Crippen LogP contribution in [0.15, 0.2) is 77.7 Å². The highest BCUT2D eigenvalue weighted by molar-refractivity contribution is 7.92. The van der Waals surface area contributed by atoms with Gasteiger partial charge in [-0.1, -0.05) is 29.8 Å². The molecule has 0 bridgehead atoms. The van der Waals surface area contributed by atoms with E-state index >= 15 is 0 Å². The second-order valence-electron chi connectivity index (χ2n) is 7.56. The number of nitrogens with one attached hydrogen (secondary N) is 2. The molecule has 0 saturated carbocycles. The molecule has 2 N–H and O–H groups in total. The van der Waals surface area contributed by atoms with Gasteiger partial charge in [0, 0.05) is 16.3 Å². The van der Waals surface area contributed by atoms with Gasteiger partial charge in [0.1, 0.15) is 6.54 Å². The molecule has 0 unspecified atom stereocenters. The van der Waals surface area contributed by atoms with Gasteiger partial charge in [0.25, 0.3) is 10.0 Å². The molecular formula is C23H22ClN3O6S2. The van der Waals surface area contributed by atoms with Gasteiger partial charge >= 0.3 is 0 Å². The molecule has 1 amide bonds. The normalized spacial score (nSPS) is 11.5. The molecule has 0 saturated heterocycles. The number of rotatable bonds is 9. The zero-order chi connectivity index (χ0) is 25.8. The molecule has 0 spiro atoms. The second kappa shape index (κ2) is 10.5. The van der Waals surface area contributed by atoms with Crippen LogP contribution in [0.1, 0.15) is 17.3 Å². The van der Waals surface area contributed by atoms with Crippen molar-refractivity contribution >= 4 is 60.4 Å². The smallest absolute Gasteiger partial charge is 0.261 e. The van der Waals surface area contributed by atoms with Crippen LogP contribution in [0.5, 0.6) is 0 Å².